The van der Waals surface area contributed by atoms with Gasteiger partial charge in [-0.2, -0.15) is 5.10 Å². The normalized spacial score (nSPS) is 22.8. The number of urea groups is 1. The van der Waals surface area contributed by atoms with E-state index in [0.717, 1.165) is 5.56 Å². The van der Waals surface area contributed by atoms with Gasteiger partial charge in [0.1, 0.15) is 0 Å². The van der Waals surface area contributed by atoms with Crippen LogP contribution in [-0.4, -0.2) is 63.2 Å². The summed E-state index contributed by atoms with van der Waals surface area (Å²) in [6.07, 6.45) is 1.60. The number of alkyl carbamates (subject to hydrolysis) is 1. The van der Waals surface area contributed by atoms with E-state index >= 15 is 0 Å². The fourth-order valence-electron chi connectivity index (χ4n) is 5.15. The minimum atomic E-state index is -2.74. The molecule has 1 unspecified atom stereocenters. The Kier molecular flexibility index (Phi) is 6.41. The number of carbonyl (C=O) groups is 2. The molecule has 9 nitrogen and oxygen atoms in total. The van der Waals surface area contributed by atoms with Crippen LogP contribution < -0.4 is 10.6 Å². The smallest absolute Gasteiger partial charge is 0.407 e. The summed E-state index contributed by atoms with van der Waals surface area (Å²) in [6.45, 7) is 1.40. The van der Waals surface area contributed by atoms with Crippen molar-refractivity contribution in [3.8, 4) is 0 Å². The van der Waals surface area contributed by atoms with Crippen LogP contribution in [-0.2, 0) is 11.3 Å². The molecular formula is C23H28F4N6O3. The summed E-state index contributed by atoms with van der Waals surface area (Å²) in [5.41, 5.74) is 1.70. The number of amides is 3. The van der Waals surface area contributed by atoms with Gasteiger partial charge in [-0.3, -0.25) is 0 Å². The van der Waals surface area contributed by atoms with E-state index in [2.05, 4.69) is 20.7 Å². The van der Waals surface area contributed by atoms with Gasteiger partial charge in [0.05, 0.1) is 30.7 Å². The van der Waals surface area contributed by atoms with Crippen LogP contribution in [0.15, 0.2) is 18.5 Å². The zero-order valence-corrected chi connectivity index (χ0v) is 19.6. The third-order valence-electron chi connectivity index (χ3n) is 7.16. The van der Waals surface area contributed by atoms with E-state index in [0.29, 0.717) is 31.0 Å². The molecule has 3 heterocycles. The maximum Gasteiger partial charge on any atom is 0.407 e. The summed E-state index contributed by atoms with van der Waals surface area (Å²) in [5.74, 6) is -6.15. The van der Waals surface area contributed by atoms with Crippen LogP contribution in [0.5, 0.6) is 0 Å². The van der Waals surface area contributed by atoms with E-state index in [1.807, 2.05) is 0 Å². The number of alkyl halides is 4. The highest BCUT2D eigenvalue weighted by atomic mass is 19.3. The summed E-state index contributed by atoms with van der Waals surface area (Å²) in [6, 6.07) is 0.927. The number of rotatable bonds is 7. The van der Waals surface area contributed by atoms with Gasteiger partial charge in [0.25, 0.3) is 0 Å². The molecule has 13 heteroatoms. The van der Waals surface area contributed by atoms with Crippen LogP contribution in [0.4, 0.5) is 27.2 Å². The molecule has 3 amide bonds. The third-order valence-corrected chi connectivity index (χ3v) is 7.16. The van der Waals surface area contributed by atoms with Crippen LogP contribution in [0.1, 0.15) is 55.8 Å². The van der Waals surface area contributed by atoms with Crippen molar-refractivity contribution >= 4 is 17.8 Å². The molecule has 2 aliphatic carbocycles. The third kappa shape index (κ3) is 5.49. The molecule has 2 N–H and O–H groups in total. The van der Waals surface area contributed by atoms with Crippen LogP contribution in [0.3, 0.4) is 0 Å². The Balaban J connectivity index is 1.31. The number of hydrogen-bond acceptors (Lipinski definition) is 5. The minimum Gasteiger partial charge on any atom is -0.449 e. The van der Waals surface area contributed by atoms with Crippen molar-refractivity contribution in [1.29, 1.82) is 0 Å². The van der Waals surface area contributed by atoms with E-state index in [9.17, 15) is 27.2 Å². The van der Waals surface area contributed by atoms with Crippen molar-refractivity contribution in [1.82, 2.24) is 30.1 Å². The van der Waals surface area contributed by atoms with Crippen LogP contribution in [0.25, 0.3) is 5.65 Å². The molecule has 0 aromatic carbocycles. The van der Waals surface area contributed by atoms with Crippen LogP contribution >= 0.6 is 0 Å². The second-order valence-corrected chi connectivity index (χ2v) is 10.0. The van der Waals surface area contributed by atoms with Gasteiger partial charge in [0, 0.05) is 51.2 Å². The highest BCUT2D eigenvalue weighted by Gasteiger charge is 2.46. The number of aromatic nitrogens is 3. The Hall–Kier alpha value is -3.12. The van der Waals surface area contributed by atoms with Crippen molar-refractivity contribution in [2.24, 2.45) is 11.8 Å². The van der Waals surface area contributed by atoms with E-state index < -0.39 is 29.9 Å². The molecule has 0 bridgehead atoms. The molecule has 2 aromatic rings. The fourth-order valence-corrected chi connectivity index (χ4v) is 5.15. The van der Waals surface area contributed by atoms with Gasteiger partial charge in [-0.25, -0.2) is 36.7 Å². The summed E-state index contributed by atoms with van der Waals surface area (Å²) in [7, 11) is 0. The first-order chi connectivity index (χ1) is 17.1. The van der Waals surface area contributed by atoms with Gasteiger partial charge in [0.15, 0.2) is 5.65 Å². The summed E-state index contributed by atoms with van der Waals surface area (Å²) < 4.78 is 60.4. The van der Waals surface area contributed by atoms with Gasteiger partial charge < -0.3 is 20.3 Å². The van der Waals surface area contributed by atoms with Crippen LogP contribution in [0.2, 0.25) is 0 Å². The molecule has 1 atom stereocenters. The molecule has 196 valence electrons. The standard InChI is InChI=1S/C23H28F4N6O3/c24-22(25)3-1-16(2-4-22)19(31-21(35)36-13-15-8-23(26,27)9-15)17-12-33-18(30-17)7-14(10-29-33)11-32-6-5-28-20(32)34/h7,10,12,15-16,19H,1-6,8-9,11,13H2,(H,28,34)(H,31,35). The highest BCUT2D eigenvalue weighted by Crippen LogP contribution is 2.43. The van der Waals surface area contributed by atoms with E-state index in [1.165, 1.54) is 4.52 Å². The van der Waals surface area contributed by atoms with Crippen molar-refractivity contribution in [3.63, 3.8) is 0 Å². The van der Waals surface area contributed by atoms with Gasteiger partial charge in [-0.1, -0.05) is 0 Å². The molecule has 36 heavy (non-hydrogen) atoms. The van der Waals surface area contributed by atoms with E-state index in [1.54, 1.807) is 23.4 Å². The minimum absolute atomic E-state index is 0.128. The largest absolute Gasteiger partial charge is 0.449 e. The quantitative estimate of drug-likeness (QED) is 0.549. The molecule has 0 spiro atoms. The predicted molar refractivity (Wildman–Crippen MR) is 119 cm³/mol. The lowest BCUT2D eigenvalue weighted by Gasteiger charge is -2.35. The monoisotopic (exact) mass is 512 g/mol. The molecule has 3 aliphatic rings. The second-order valence-electron chi connectivity index (χ2n) is 10.0. The molecule has 0 radical (unpaired) electrons. The van der Waals surface area contributed by atoms with E-state index in [-0.39, 0.29) is 57.1 Å². The number of fused-ring (bicyclic) bond motifs is 1. The second kappa shape index (κ2) is 9.40. The highest BCUT2D eigenvalue weighted by molar-refractivity contribution is 5.76. The maximum atomic E-state index is 13.8. The first-order valence-corrected chi connectivity index (χ1v) is 12.1. The molecule has 2 saturated carbocycles. The van der Waals surface area contributed by atoms with Crippen LogP contribution in [0, 0.1) is 11.8 Å². The summed E-state index contributed by atoms with van der Waals surface area (Å²) >= 11 is 0. The zero-order chi connectivity index (χ0) is 25.5. The topological polar surface area (TPSA) is 101 Å². The average Bonchev–Trinajstić information content (AvgIpc) is 3.40. The van der Waals surface area contributed by atoms with Gasteiger partial charge >= 0.3 is 12.1 Å². The summed E-state index contributed by atoms with van der Waals surface area (Å²) in [4.78, 5) is 30.6. The van der Waals surface area contributed by atoms with Crippen molar-refractivity contribution < 1.29 is 31.9 Å². The Labute approximate surface area is 204 Å². The maximum absolute atomic E-state index is 13.8. The lowest BCUT2D eigenvalue weighted by molar-refractivity contribution is -0.122. The molecule has 2 aromatic heterocycles. The fraction of sp³-hybridized carbons (Fsp3) is 0.652. The van der Waals surface area contributed by atoms with Crippen molar-refractivity contribution in [2.45, 2.75) is 63.0 Å². The summed E-state index contributed by atoms with van der Waals surface area (Å²) in [5, 5.41) is 9.83. The number of nitrogens with zero attached hydrogens (tertiary/aromatic N) is 4. The zero-order valence-electron chi connectivity index (χ0n) is 19.6. The molecule has 5 rings (SSSR count). The molecule has 1 saturated heterocycles. The van der Waals surface area contributed by atoms with Crippen molar-refractivity contribution in [3.05, 3.63) is 29.7 Å². The first-order valence-electron chi connectivity index (χ1n) is 12.1. The average molecular weight is 513 g/mol. The molecule has 3 fully saturated rings. The number of hydrogen-bond donors (Lipinski definition) is 2. The number of halogens is 4. The SMILES string of the molecule is O=C(NC(c1cn2ncc(CN3CCNC3=O)cc2n1)C1CCC(F)(F)CC1)OCC1CC(F)(F)C1. The number of imidazole rings is 1. The first kappa shape index (κ1) is 24.6. The van der Waals surface area contributed by atoms with E-state index in [4.69, 9.17) is 4.74 Å². The van der Waals surface area contributed by atoms with Crippen molar-refractivity contribution in [2.75, 3.05) is 19.7 Å². The Bertz CT molecular complexity index is 1120. The Morgan fingerprint density at radius 2 is 1.97 bits per heavy atom. The molecule has 1 aliphatic heterocycles. The van der Waals surface area contributed by atoms with Gasteiger partial charge in [0.2, 0.25) is 11.8 Å². The predicted octanol–water partition coefficient (Wildman–Crippen LogP) is 3.89. The lowest BCUT2D eigenvalue weighted by Crippen LogP contribution is -2.41. The lowest BCUT2D eigenvalue weighted by atomic mass is 9.81. The number of nitrogens with one attached hydrogen (secondary N) is 2. The van der Waals surface area contributed by atoms with Gasteiger partial charge in [-0.15, -0.1) is 0 Å². The number of carbonyl (C=O) groups excluding carboxylic acids is 2. The number of ether oxygens (including phenoxy) is 1. The molecular weight excluding hydrogens is 484 g/mol. The van der Waals surface area contributed by atoms with Gasteiger partial charge in [-0.05, 0) is 30.4 Å². The Morgan fingerprint density at radius 3 is 2.64 bits per heavy atom. The Morgan fingerprint density at radius 1 is 1.22 bits per heavy atom.